The highest BCUT2D eigenvalue weighted by molar-refractivity contribution is 5.95. The number of carbonyl (C=O) groups is 3. The van der Waals surface area contributed by atoms with Gasteiger partial charge in [-0.3, -0.25) is 10.1 Å². The molecule has 1 aromatic rings. The van der Waals surface area contributed by atoms with Gasteiger partial charge in [-0.25, -0.2) is 9.59 Å². The number of primary amides is 1. The molecule has 0 saturated heterocycles. The molecule has 0 bridgehead atoms. The average Bonchev–Trinajstić information content (AvgIpc) is 2.75. The summed E-state index contributed by atoms with van der Waals surface area (Å²) in [6.45, 7) is -0.579. The van der Waals surface area contributed by atoms with Crippen molar-refractivity contribution in [3.05, 3.63) is 30.2 Å². The number of nitrogens with one attached hydrogen (secondary N) is 1. The molecule has 0 aliphatic rings. The normalized spacial score (nSPS) is 10.1. The summed E-state index contributed by atoms with van der Waals surface area (Å²) < 4.78 is 9.44. The van der Waals surface area contributed by atoms with Gasteiger partial charge in [-0.15, -0.1) is 0 Å². The van der Waals surface area contributed by atoms with Crippen molar-refractivity contribution in [1.29, 1.82) is 0 Å². The number of hydrogen-bond acceptors (Lipinski definition) is 5. The molecule has 0 aromatic carbocycles. The molecule has 0 fully saturated rings. The first-order valence-electron chi connectivity index (χ1n) is 4.55. The first kappa shape index (κ1) is 12.5. The summed E-state index contributed by atoms with van der Waals surface area (Å²) in [6.07, 6.45) is 3.93. The van der Waals surface area contributed by atoms with E-state index in [4.69, 9.17) is 4.42 Å². The number of nitrogens with two attached hydrogens (primary N) is 1. The quantitative estimate of drug-likeness (QED) is 0.567. The number of carbonyl (C=O) groups excluding carboxylic acids is 3. The monoisotopic (exact) mass is 238 g/mol. The van der Waals surface area contributed by atoms with Crippen molar-refractivity contribution in [2.24, 2.45) is 5.73 Å². The summed E-state index contributed by atoms with van der Waals surface area (Å²) >= 11 is 0. The fourth-order valence-electron chi connectivity index (χ4n) is 0.895. The molecule has 1 rings (SSSR count). The molecule has 7 nitrogen and oxygen atoms in total. The van der Waals surface area contributed by atoms with Crippen LogP contribution in [0.3, 0.4) is 0 Å². The number of rotatable bonds is 4. The van der Waals surface area contributed by atoms with Crippen LogP contribution < -0.4 is 11.1 Å². The van der Waals surface area contributed by atoms with E-state index in [1.807, 2.05) is 0 Å². The van der Waals surface area contributed by atoms with Crippen molar-refractivity contribution in [2.45, 2.75) is 0 Å². The Balaban J connectivity index is 2.30. The molecule has 0 aliphatic carbocycles. The predicted octanol–water partition coefficient (Wildman–Crippen LogP) is 0.0309. The van der Waals surface area contributed by atoms with Crippen molar-refractivity contribution in [3.8, 4) is 0 Å². The van der Waals surface area contributed by atoms with E-state index in [0.29, 0.717) is 5.76 Å². The zero-order chi connectivity index (χ0) is 12.7. The van der Waals surface area contributed by atoms with E-state index in [2.05, 4.69) is 10.5 Å². The molecular weight excluding hydrogens is 228 g/mol. The Hall–Kier alpha value is -2.57. The van der Waals surface area contributed by atoms with Crippen molar-refractivity contribution < 1.29 is 23.5 Å². The lowest BCUT2D eigenvalue weighted by Gasteiger charge is -2.00. The molecule has 3 N–H and O–H groups in total. The molecule has 0 radical (unpaired) electrons. The van der Waals surface area contributed by atoms with Crippen molar-refractivity contribution in [2.75, 3.05) is 6.61 Å². The van der Waals surface area contributed by atoms with E-state index in [1.54, 1.807) is 17.4 Å². The Labute approximate surface area is 96.2 Å². The predicted molar refractivity (Wildman–Crippen MR) is 56.4 cm³/mol. The van der Waals surface area contributed by atoms with Gasteiger partial charge in [-0.05, 0) is 18.2 Å². The van der Waals surface area contributed by atoms with Gasteiger partial charge in [0.2, 0.25) is 0 Å². The van der Waals surface area contributed by atoms with E-state index in [1.165, 1.54) is 12.3 Å². The van der Waals surface area contributed by atoms with E-state index < -0.39 is 24.5 Å². The van der Waals surface area contributed by atoms with Gasteiger partial charge in [0.25, 0.3) is 5.91 Å². The fourth-order valence-corrected chi connectivity index (χ4v) is 0.895. The third kappa shape index (κ3) is 5.17. The molecule has 0 aliphatic heterocycles. The van der Waals surface area contributed by atoms with E-state index in [-0.39, 0.29) is 0 Å². The van der Waals surface area contributed by atoms with Gasteiger partial charge in [-0.2, -0.15) is 0 Å². The number of amides is 3. The Morgan fingerprint density at radius 3 is 2.82 bits per heavy atom. The van der Waals surface area contributed by atoms with E-state index in [0.717, 1.165) is 6.08 Å². The van der Waals surface area contributed by atoms with Crippen LogP contribution in [0.2, 0.25) is 0 Å². The molecule has 90 valence electrons. The van der Waals surface area contributed by atoms with Crippen LogP contribution in [0.15, 0.2) is 28.9 Å². The maximum Gasteiger partial charge on any atom is 0.331 e. The smallest absolute Gasteiger partial charge is 0.331 e. The highest BCUT2D eigenvalue weighted by atomic mass is 16.5. The molecule has 17 heavy (non-hydrogen) atoms. The first-order chi connectivity index (χ1) is 8.08. The van der Waals surface area contributed by atoms with Gasteiger partial charge >= 0.3 is 12.0 Å². The minimum absolute atomic E-state index is 0.475. The maximum atomic E-state index is 11.1. The lowest BCUT2D eigenvalue weighted by Crippen LogP contribution is -2.37. The van der Waals surface area contributed by atoms with Gasteiger partial charge < -0.3 is 14.9 Å². The lowest BCUT2D eigenvalue weighted by atomic mass is 10.4. The summed E-state index contributed by atoms with van der Waals surface area (Å²) in [5, 5.41) is 1.75. The third-order valence-electron chi connectivity index (χ3n) is 1.54. The molecule has 7 heteroatoms. The number of furan rings is 1. The Bertz CT molecular complexity index is 436. The van der Waals surface area contributed by atoms with Crippen LogP contribution in [0, 0.1) is 0 Å². The molecule has 0 atom stereocenters. The number of ether oxygens (including phenoxy) is 1. The summed E-state index contributed by atoms with van der Waals surface area (Å²) in [4.78, 5) is 32.2. The molecule has 0 unspecified atom stereocenters. The van der Waals surface area contributed by atoms with Crippen molar-refractivity contribution >= 4 is 24.0 Å². The Kier molecular flexibility index (Phi) is 4.49. The number of hydrogen-bond donors (Lipinski definition) is 2. The van der Waals surface area contributed by atoms with Crippen LogP contribution in [0.25, 0.3) is 6.08 Å². The first-order valence-corrected chi connectivity index (χ1v) is 4.55. The standard InChI is InChI=1S/C10H10N2O5/c11-10(15)12-8(13)6-17-9(14)4-3-7-2-1-5-16-7/h1-5H,6H2,(H3,11,12,13,15)/b4-3+. The van der Waals surface area contributed by atoms with Gasteiger partial charge in [0.15, 0.2) is 6.61 Å². The highest BCUT2D eigenvalue weighted by Crippen LogP contribution is 2.02. The van der Waals surface area contributed by atoms with Crippen LogP contribution in [0.4, 0.5) is 4.79 Å². The van der Waals surface area contributed by atoms with Crippen LogP contribution >= 0.6 is 0 Å². The van der Waals surface area contributed by atoms with E-state index >= 15 is 0 Å². The van der Waals surface area contributed by atoms with Gasteiger partial charge in [0.05, 0.1) is 6.26 Å². The summed E-state index contributed by atoms with van der Waals surface area (Å²) in [7, 11) is 0. The Morgan fingerprint density at radius 2 is 2.24 bits per heavy atom. The van der Waals surface area contributed by atoms with Crippen molar-refractivity contribution in [3.63, 3.8) is 0 Å². The lowest BCUT2D eigenvalue weighted by molar-refractivity contribution is -0.143. The van der Waals surface area contributed by atoms with Gasteiger partial charge in [0, 0.05) is 6.08 Å². The highest BCUT2D eigenvalue weighted by Gasteiger charge is 2.06. The molecule has 1 heterocycles. The average molecular weight is 238 g/mol. The van der Waals surface area contributed by atoms with Gasteiger partial charge in [-0.1, -0.05) is 0 Å². The van der Waals surface area contributed by atoms with Crippen LogP contribution in [-0.4, -0.2) is 24.5 Å². The maximum absolute atomic E-state index is 11.1. The SMILES string of the molecule is NC(=O)NC(=O)COC(=O)/C=C/c1ccco1. The number of urea groups is 1. The second-order valence-electron chi connectivity index (χ2n) is 2.87. The second kappa shape index (κ2) is 6.11. The second-order valence-corrected chi connectivity index (χ2v) is 2.87. The van der Waals surface area contributed by atoms with E-state index in [9.17, 15) is 14.4 Å². The van der Waals surface area contributed by atoms with Crippen LogP contribution in [0.5, 0.6) is 0 Å². The largest absolute Gasteiger partial charge is 0.465 e. The fraction of sp³-hybridized carbons (Fsp3) is 0.100. The van der Waals surface area contributed by atoms with Crippen LogP contribution in [-0.2, 0) is 14.3 Å². The molecule has 1 aromatic heterocycles. The minimum Gasteiger partial charge on any atom is -0.465 e. The molecular formula is C10H10N2O5. The van der Waals surface area contributed by atoms with Crippen LogP contribution in [0.1, 0.15) is 5.76 Å². The molecule has 3 amide bonds. The molecule has 0 saturated carbocycles. The molecule has 0 spiro atoms. The summed E-state index contributed by atoms with van der Waals surface area (Å²) in [5.74, 6) is -1.05. The Morgan fingerprint density at radius 1 is 1.47 bits per heavy atom. The third-order valence-corrected chi connectivity index (χ3v) is 1.54. The number of imide groups is 1. The van der Waals surface area contributed by atoms with Crippen molar-refractivity contribution in [1.82, 2.24) is 5.32 Å². The number of esters is 1. The van der Waals surface area contributed by atoms with Gasteiger partial charge in [0.1, 0.15) is 5.76 Å². The summed E-state index contributed by atoms with van der Waals surface area (Å²) in [5.41, 5.74) is 4.68. The summed E-state index contributed by atoms with van der Waals surface area (Å²) in [6, 6.07) is 2.30. The topological polar surface area (TPSA) is 112 Å². The zero-order valence-electron chi connectivity index (χ0n) is 8.71. The zero-order valence-corrected chi connectivity index (χ0v) is 8.71. The minimum atomic E-state index is -1.00.